The second-order valence-electron chi connectivity index (χ2n) is 4.46. The van der Waals surface area contributed by atoms with Gasteiger partial charge in [0.05, 0.1) is 6.61 Å². The quantitative estimate of drug-likeness (QED) is 0.635. The standard InChI is InChI=1S/C15H16ClNO2/c1-5-19-10(3)11-6-9(2)7-13-12(11)8-14(16)17(4)15(13)18/h6-8H,3,5H2,1-2,4H3. The summed E-state index contributed by atoms with van der Waals surface area (Å²) in [6.07, 6.45) is 0. The summed E-state index contributed by atoms with van der Waals surface area (Å²) in [4.78, 5) is 12.2. The second-order valence-corrected chi connectivity index (χ2v) is 4.85. The van der Waals surface area contributed by atoms with Crippen LogP contribution in [0, 0.1) is 6.92 Å². The summed E-state index contributed by atoms with van der Waals surface area (Å²) in [5.74, 6) is 0.556. The molecule has 2 aromatic rings. The van der Waals surface area contributed by atoms with Crippen molar-refractivity contribution < 1.29 is 4.74 Å². The normalized spacial score (nSPS) is 10.7. The third-order valence-corrected chi connectivity index (χ3v) is 3.42. The van der Waals surface area contributed by atoms with Crippen LogP contribution in [0.4, 0.5) is 0 Å². The molecule has 0 aliphatic carbocycles. The van der Waals surface area contributed by atoms with Gasteiger partial charge in [-0.2, -0.15) is 0 Å². The van der Waals surface area contributed by atoms with Crippen LogP contribution in [0.1, 0.15) is 18.1 Å². The molecule has 0 radical (unpaired) electrons. The molecule has 0 amide bonds. The predicted octanol–water partition coefficient (Wildman–Crippen LogP) is 3.51. The van der Waals surface area contributed by atoms with E-state index in [2.05, 4.69) is 6.58 Å². The van der Waals surface area contributed by atoms with Crippen molar-refractivity contribution in [2.45, 2.75) is 13.8 Å². The number of nitrogens with zero attached hydrogens (tertiary/aromatic N) is 1. The molecule has 0 saturated carbocycles. The van der Waals surface area contributed by atoms with E-state index in [0.717, 1.165) is 16.5 Å². The van der Waals surface area contributed by atoms with Crippen LogP contribution in [0.25, 0.3) is 16.5 Å². The minimum atomic E-state index is -0.114. The molecule has 0 aliphatic rings. The van der Waals surface area contributed by atoms with Crippen molar-refractivity contribution in [3.05, 3.63) is 51.4 Å². The SMILES string of the molecule is C=C(OCC)c1cc(C)cc2c(=O)n(C)c(Cl)cc12. The Morgan fingerprint density at radius 2 is 2.05 bits per heavy atom. The van der Waals surface area contributed by atoms with E-state index in [1.165, 1.54) is 4.57 Å². The van der Waals surface area contributed by atoms with Crippen LogP contribution in [0.15, 0.2) is 29.6 Å². The van der Waals surface area contributed by atoms with Gasteiger partial charge in [0.25, 0.3) is 5.56 Å². The molecule has 0 bridgehead atoms. The number of halogens is 1. The average Bonchev–Trinajstić information content (AvgIpc) is 2.37. The van der Waals surface area contributed by atoms with Crippen molar-refractivity contribution in [1.82, 2.24) is 4.57 Å². The van der Waals surface area contributed by atoms with Gasteiger partial charge in [-0.3, -0.25) is 4.79 Å². The first-order valence-electron chi connectivity index (χ1n) is 6.07. The molecule has 2 rings (SSSR count). The number of fused-ring (bicyclic) bond motifs is 1. The van der Waals surface area contributed by atoms with Crippen LogP contribution in [0.3, 0.4) is 0 Å². The van der Waals surface area contributed by atoms with Crippen molar-refractivity contribution in [2.75, 3.05) is 6.61 Å². The molecule has 4 heteroatoms. The number of pyridine rings is 1. The third-order valence-electron chi connectivity index (χ3n) is 3.06. The fraction of sp³-hybridized carbons (Fsp3) is 0.267. The maximum Gasteiger partial charge on any atom is 0.259 e. The highest BCUT2D eigenvalue weighted by molar-refractivity contribution is 6.30. The lowest BCUT2D eigenvalue weighted by Gasteiger charge is -2.13. The van der Waals surface area contributed by atoms with Crippen LogP contribution in [0.5, 0.6) is 0 Å². The van der Waals surface area contributed by atoms with Gasteiger partial charge in [-0.25, -0.2) is 0 Å². The highest BCUT2D eigenvalue weighted by atomic mass is 35.5. The van der Waals surface area contributed by atoms with Crippen molar-refractivity contribution in [3.63, 3.8) is 0 Å². The number of rotatable bonds is 3. The summed E-state index contributed by atoms with van der Waals surface area (Å²) in [6, 6.07) is 5.59. The fourth-order valence-electron chi connectivity index (χ4n) is 2.11. The van der Waals surface area contributed by atoms with E-state index in [1.54, 1.807) is 13.1 Å². The number of hydrogen-bond donors (Lipinski definition) is 0. The molecule has 1 heterocycles. The minimum Gasteiger partial charge on any atom is -0.494 e. The van der Waals surface area contributed by atoms with E-state index in [0.29, 0.717) is 22.9 Å². The highest BCUT2D eigenvalue weighted by Crippen LogP contribution is 2.26. The summed E-state index contributed by atoms with van der Waals surface area (Å²) in [5.41, 5.74) is 1.69. The Balaban J connectivity index is 2.85. The minimum absolute atomic E-state index is 0.114. The van der Waals surface area contributed by atoms with Crippen LogP contribution in [0.2, 0.25) is 5.15 Å². The molecular weight excluding hydrogens is 262 g/mol. The zero-order valence-electron chi connectivity index (χ0n) is 11.3. The van der Waals surface area contributed by atoms with E-state index >= 15 is 0 Å². The lowest BCUT2D eigenvalue weighted by Crippen LogP contribution is -2.17. The first kappa shape index (κ1) is 13.7. The third kappa shape index (κ3) is 2.38. The van der Waals surface area contributed by atoms with Gasteiger partial charge in [0, 0.05) is 23.4 Å². The van der Waals surface area contributed by atoms with Gasteiger partial charge >= 0.3 is 0 Å². The van der Waals surface area contributed by atoms with E-state index in [1.807, 2.05) is 26.0 Å². The average molecular weight is 278 g/mol. The summed E-state index contributed by atoms with van der Waals surface area (Å²) in [5, 5.41) is 1.80. The van der Waals surface area contributed by atoms with Crippen LogP contribution in [-0.2, 0) is 11.8 Å². The van der Waals surface area contributed by atoms with Crippen molar-refractivity contribution >= 4 is 28.1 Å². The molecule has 0 aliphatic heterocycles. The molecule has 0 fully saturated rings. The Bertz CT molecular complexity index is 716. The maximum atomic E-state index is 12.2. The van der Waals surface area contributed by atoms with Crippen LogP contribution in [-0.4, -0.2) is 11.2 Å². The van der Waals surface area contributed by atoms with E-state index in [-0.39, 0.29) is 5.56 Å². The van der Waals surface area contributed by atoms with Gasteiger partial charge in [-0.15, -0.1) is 0 Å². The Morgan fingerprint density at radius 1 is 1.37 bits per heavy atom. The van der Waals surface area contributed by atoms with Gasteiger partial charge in [0.2, 0.25) is 0 Å². The molecule has 0 unspecified atom stereocenters. The molecule has 3 nitrogen and oxygen atoms in total. The van der Waals surface area contributed by atoms with E-state index in [4.69, 9.17) is 16.3 Å². The Hall–Kier alpha value is -1.74. The molecule has 0 saturated heterocycles. The first-order chi connectivity index (χ1) is 8.95. The molecule has 100 valence electrons. The smallest absolute Gasteiger partial charge is 0.259 e. The number of ether oxygens (including phenoxy) is 1. The first-order valence-corrected chi connectivity index (χ1v) is 6.45. The highest BCUT2D eigenvalue weighted by Gasteiger charge is 2.12. The fourth-order valence-corrected chi connectivity index (χ4v) is 2.29. The van der Waals surface area contributed by atoms with Crippen LogP contribution >= 0.6 is 11.6 Å². The predicted molar refractivity (Wildman–Crippen MR) is 79.6 cm³/mol. The number of benzene rings is 1. The summed E-state index contributed by atoms with van der Waals surface area (Å²) < 4.78 is 6.88. The Kier molecular flexibility index (Phi) is 3.67. The van der Waals surface area contributed by atoms with Crippen molar-refractivity contribution in [2.24, 2.45) is 7.05 Å². The van der Waals surface area contributed by atoms with Crippen molar-refractivity contribution in [1.29, 1.82) is 0 Å². The maximum absolute atomic E-state index is 12.2. The molecule has 0 atom stereocenters. The molecule has 0 spiro atoms. The molecule has 1 aromatic heterocycles. The molecule has 1 aromatic carbocycles. The van der Waals surface area contributed by atoms with Crippen molar-refractivity contribution in [3.8, 4) is 0 Å². The number of aromatic nitrogens is 1. The van der Waals surface area contributed by atoms with Gasteiger partial charge in [-0.1, -0.05) is 18.2 Å². The van der Waals surface area contributed by atoms with E-state index < -0.39 is 0 Å². The van der Waals surface area contributed by atoms with Crippen LogP contribution < -0.4 is 5.56 Å². The summed E-state index contributed by atoms with van der Waals surface area (Å²) in [6.45, 7) is 8.29. The topological polar surface area (TPSA) is 31.2 Å². The molecular formula is C15H16ClNO2. The lowest BCUT2D eigenvalue weighted by atomic mass is 10.0. The largest absolute Gasteiger partial charge is 0.494 e. The zero-order valence-corrected chi connectivity index (χ0v) is 12.0. The Morgan fingerprint density at radius 3 is 2.68 bits per heavy atom. The van der Waals surface area contributed by atoms with Gasteiger partial charge < -0.3 is 9.30 Å². The molecule has 19 heavy (non-hydrogen) atoms. The van der Waals surface area contributed by atoms with Gasteiger partial charge in [0.15, 0.2) is 0 Å². The van der Waals surface area contributed by atoms with Gasteiger partial charge in [0.1, 0.15) is 10.9 Å². The monoisotopic (exact) mass is 277 g/mol. The Labute approximate surface area is 117 Å². The lowest BCUT2D eigenvalue weighted by molar-refractivity contribution is 0.299. The summed E-state index contributed by atoms with van der Waals surface area (Å²) in [7, 11) is 1.66. The number of aryl methyl sites for hydroxylation is 1. The van der Waals surface area contributed by atoms with Gasteiger partial charge in [-0.05, 0) is 37.6 Å². The second kappa shape index (κ2) is 5.10. The number of hydrogen-bond acceptors (Lipinski definition) is 2. The molecule has 0 N–H and O–H groups in total. The van der Waals surface area contributed by atoms with E-state index in [9.17, 15) is 4.79 Å². The zero-order chi connectivity index (χ0) is 14.2. The summed E-state index contributed by atoms with van der Waals surface area (Å²) >= 11 is 6.08.